The van der Waals surface area contributed by atoms with Crippen LogP contribution < -0.4 is 10.6 Å². The number of thiocarbonyl (C=S) groups is 1. The predicted molar refractivity (Wildman–Crippen MR) is 78.0 cm³/mol. The van der Waals surface area contributed by atoms with Gasteiger partial charge in [-0.25, -0.2) is 0 Å². The molecule has 1 rings (SSSR count). The first kappa shape index (κ1) is 13.5. The predicted octanol–water partition coefficient (Wildman–Crippen LogP) is 3.84. The molecule has 0 aromatic heterocycles. The molecule has 0 saturated heterocycles. The molecule has 0 amide bonds. The average molecular weight is 301 g/mol. The average Bonchev–Trinajstić information content (AvgIpc) is 2.23. The molecule has 0 fully saturated rings. The summed E-state index contributed by atoms with van der Waals surface area (Å²) in [5.74, 6) is 0. The number of aryl methyl sites for hydroxylation is 1. The fourth-order valence-electron chi connectivity index (χ4n) is 1.31. The molecule has 88 valence electrons. The van der Waals surface area contributed by atoms with Crippen LogP contribution in [-0.4, -0.2) is 11.7 Å². The molecule has 1 aromatic rings. The second-order valence-corrected chi connectivity index (χ2v) is 5.02. The van der Waals surface area contributed by atoms with Crippen molar-refractivity contribution < 1.29 is 0 Å². The first-order valence-corrected chi connectivity index (χ1v) is 6.64. The highest BCUT2D eigenvalue weighted by Gasteiger charge is 2.00. The monoisotopic (exact) mass is 300 g/mol. The van der Waals surface area contributed by atoms with Crippen molar-refractivity contribution in [3.05, 3.63) is 28.2 Å². The summed E-state index contributed by atoms with van der Waals surface area (Å²) < 4.78 is 1.08. The largest absolute Gasteiger partial charge is 0.362 e. The zero-order valence-electron chi connectivity index (χ0n) is 9.64. The van der Waals surface area contributed by atoms with Crippen LogP contribution >= 0.6 is 28.1 Å². The molecule has 2 nitrogen and oxygen atoms in total. The van der Waals surface area contributed by atoms with Crippen molar-refractivity contribution in [3.63, 3.8) is 0 Å². The van der Waals surface area contributed by atoms with E-state index in [1.54, 1.807) is 0 Å². The van der Waals surface area contributed by atoms with E-state index in [4.69, 9.17) is 12.2 Å². The molecule has 0 aliphatic rings. The summed E-state index contributed by atoms with van der Waals surface area (Å²) in [4.78, 5) is 0. The van der Waals surface area contributed by atoms with Crippen molar-refractivity contribution in [2.75, 3.05) is 11.9 Å². The summed E-state index contributed by atoms with van der Waals surface area (Å²) in [7, 11) is 0. The summed E-state index contributed by atoms with van der Waals surface area (Å²) >= 11 is 8.65. The zero-order chi connectivity index (χ0) is 12.0. The van der Waals surface area contributed by atoms with Crippen LogP contribution in [-0.2, 0) is 0 Å². The van der Waals surface area contributed by atoms with Gasteiger partial charge in [0.1, 0.15) is 0 Å². The van der Waals surface area contributed by atoms with E-state index >= 15 is 0 Å². The Balaban J connectivity index is 2.49. The van der Waals surface area contributed by atoms with E-state index in [1.807, 2.05) is 12.1 Å². The van der Waals surface area contributed by atoms with E-state index in [0.717, 1.165) is 23.1 Å². The topological polar surface area (TPSA) is 24.1 Å². The minimum Gasteiger partial charge on any atom is -0.362 e. The fraction of sp³-hybridized carbons (Fsp3) is 0.417. The lowest BCUT2D eigenvalue weighted by atomic mass is 10.2. The van der Waals surface area contributed by atoms with Crippen molar-refractivity contribution in [3.8, 4) is 0 Å². The lowest BCUT2D eigenvalue weighted by Crippen LogP contribution is -2.29. The van der Waals surface area contributed by atoms with Crippen LogP contribution in [0.25, 0.3) is 0 Å². The van der Waals surface area contributed by atoms with Gasteiger partial charge in [-0.2, -0.15) is 0 Å². The van der Waals surface area contributed by atoms with Crippen LogP contribution in [0.15, 0.2) is 22.7 Å². The Morgan fingerprint density at radius 2 is 2.19 bits per heavy atom. The number of nitrogens with one attached hydrogen (secondary N) is 2. The highest BCUT2D eigenvalue weighted by atomic mass is 79.9. The molecule has 0 atom stereocenters. The molecule has 0 saturated carbocycles. The summed E-state index contributed by atoms with van der Waals surface area (Å²) in [5.41, 5.74) is 2.23. The lowest BCUT2D eigenvalue weighted by molar-refractivity contribution is 0.758. The Morgan fingerprint density at radius 3 is 2.81 bits per heavy atom. The van der Waals surface area contributed by atoms with Gasteiger partial charge in [0.05, 0.1) is 0 Å². The first-order chi connectivity index (χ1) is 7.63. The van der Waals surface area contributed by atoms with Gasteiger partial charge < -0.3 is 10.6 Å². The number of unbranched alkanes of at least 4 members (excludes halogenated alkanes) is 1. The molecular formula is C12H17BrN2S. The molecule has 4 heteroatoms. The molecule has 0 aliphatic carbocycles. The van der Waals surface area contributed by atoms with Crippen LogP contribution in [0.4, 0.5) is 5.69 Å². The molecule has 1 aromatic carbocycles. The van der Waals surface area contributed by atoms with Gasteiger partial charge in [-0.15, -0.1) is 0 Å². The van der Waals surface area contributed by atoms with Crippen LogP contribution in [0.1, 0.15) is 25.3 Å². The number of anilines is 1. The van der Waals surface area contributed by atoms with Gasteiger partial charge in [0, 0.05) is 16.7 Å². The third kappa shape index (κ3) is 4.49. The Bertz CT molecular complexity index is 366. The summed E-state index contributed by atoms with van der Waals surface area (Å²) in [6.07, 6.45) is 2.31. The fourth-order valence-corrected chi connectivity index (χ4v) is 2.00. The van der Waals surface area contributed by atoms with Crippen LogP contribution in [0.2, 0.25) is 0 Å². The van der Waals surface area contributed by atoms with Gasteiger partial charge in [-0.1, -0.05) is 29.3 Å². The smallest absolute Gasteiger partial charge is 0.170 e. The summed E-state index contributed by atoms with van der Waals surface area (Å²) in [6, 6.07) is 6.09. The van der Waals surface area contributed by atoms with Crippen LogP contribution in [0.3, 0.4) is 0 Å². The maximum atomic E-state index is 5.21. The van der Waals surface area contributed by atoms with Gasteiger partial charge in [-0.3, -0.25) is 0 Å². The number of benzene rings is 1. The number of rotatable bonds is 4. The summed E-state index contributed by atoms with van der Waals surface area (Å²) in [6.45, 7) is 5.15. The molecule has 2 N–H and O–H groups in total. The highest BCUT2D eigenvalue weighted by molar-refractivity contribution is 9.10. The van der Waals surface area contributed by atoms with E-state index in [0.29, 0.717) is 5.11 Å². The molecule has 0 unspecified atom stereocenters. The number of halogens is 1. The zero-order valence-corrected chi connectivity index (χ0v) is 12.0. The number of hydrogen-bond donors (Lipinski definition) is 2. The molecule has 0 spiro atoms. The molecule has 0 aliphatic heterocycles. The van der Waals surface area contributed by atoms with Gasteiger partial charge >= 0.3 is 0 Å². The normalized spacial score (nSPS) is 9.94. The van der Waals surface area contributed by atoms with Gasteiger partial charge in [0.25, 0.3) is 0 Å². The minimum absolute atomic E-state index is 0.693. The van der Waals surface area contributed by atoms with E-state index in [9.17, 15) is 0 Å². The van der Waals surface area contributed by atoms with Crippen LogP contribution in [0, 0.1) is 6.92 Å². The Kier molecular flexibility index (Phi) is 5.77. The SMILES string of the molecule is CCCCNC(=S)Nc1ccc(Br)cc1C. The van der Waals surface area contributed by atoms with E-state index in [1.165, 1.54) is 12.0 Å². The Labute approximate surface area is 111 Å². The van der Waals surface area contributed by atoms with Crippen molar-refractivity contribution in [1.29, 1.82) is 0 Å². The molecule has 0 heterocycles. The third-order valence-electron chi connectivity index (χ3n) is 2.25. The second kappa shape index (κ2) is 6.86. The lowest BCUT2D eigenvalue weighted by Gasteiger charge is -2.12. The van der Waals surface area contributed by atoms with Crippen molar-refractivity contribution >= 4 is 38.9 Å². The van der Waals surface area contributed by atoms with Crippen LogP contribution in [0.5, 0.6) is 0 Å². The molecule has 0 bridgehead atoms. The van der Waals surface area contributed by atoms with Crippen molar-refractivity contribution in [2.24, 2.45) is 0 Å². The maximum Gasteiger partial charge on any atom is 0.170 e. The van der Waals surface area contributed by atoms with E-state index in [2.05, 4.69) is 46.5 Å². The third-order valence-corrected chi connectivity index (χ3v) is 2.99. The molecule has 16 heavy (non-hydrogen) atoms. The standard InChI is InChI=1S/C12H17BrN2S/c1-3-4-7-14-12(16)15-11-6-5-10(13)8-9(11)2/h5-6,8H,3-4,7H2,1-2H3,(H2,14,15,16). The first-order valence-electron chi connectivity index (χ1n) is 5.44. The second-order valence-electron chi connectivity index (χ2n) is 3.69. The van der Waals surface area contributed by atoms with Crippen molar-refractivity contribution in [1.82, 2.24) is 5.32 Å². The Morgan fingerprint density at radius 1 is 1.44 bits per heavy atom. The molecular weight excluding hydrogens is 284 g/mol. The van der Waals surface area contributed by atoms with Gasteiger partial charge in [0.2, 0.25) is 0 Å². The summed E-state index contributed by atoms with van der Waals surface area (Å²) in [5, 5.41) is 7.07. The van der Waals surface area contributed by atoms with Crippen molar-refractivity contribution in [2.45, 2.75) is 26.7 Å². The van der Waals surface area contributed by atoms with Gasteiger partial charge in [-0.05, 0) is 49.3 Å². The minimum atomic E-state index is 0.693. The maximum absolute atomic E-state index is 5.21. The van der Waals surface area contributed by atoms with E-state index < -0.39 is 0 Å². The molecule has 0 radical (unpaired) electrons. The highest BCUT2D eigenvalue weighted by Crippen LogP contribution is 2.19. The number of hydrogen-bond acceptors (Lipinski definition) is 1. The quantitative estimate of drug-likeness (QED) is 0.652. The van der Waals surface area contributed by atoms with Gasteiger partial charge in [0.15, 0.2) is 5.11 Å². The Hall–Kier alpha value is -0.610. The van der Waals surface area contributed by atoms with E-state index in [-0.39, 0.29) is 0 Å².